The number of halogens is 2. The fourth-order valence-electron chi connectivity index (χ4n) is 4.24. The number of aromatic hydroxyl groups is 1. The average Bonchev–Trinajstić information content (AvgIpc) is 3.51. The van der Waals surface area contributed by atoms with Crippen molar-refractivity contribution in [1.82, 2.24) is 14.9 Å². The Morgan fingerprint density at radius 2 is 1.48 bits per heavy atom. The fourth-order valence-corrected chi connectivity index (χ4v) is 5.83. The Labute approximate surface area is 358 Å². The van der Waals surface area contributed by atoms with Crippen molar-refractivity contribution in [2.45, 2.75) is 25.7 Å². The minimum absolute atomic E-state index is 0. The number of nitrogens with zero attached hydrogens (tertiary/aromatic N) is 5. The zero-order valence-electron chi connectivity index (χ0n) is 25.0. The van der Waals surface area contributed by atoms with Crippen molar-refractivity contribution in [1.29, 1.82) is 0 Å². The summed E-state index contributed by atoms with van der Waals surface area (Å²) >= 11 is 12.2. The number of carboxylic acid groups (broad SMARTS) is 2. The van der Waals surface area contributed by atoms with E-state index in [4.69, 9.17) is 28.3 Å². The number of carboxylic acids is 2. The maximum Gasteiger partial charge on any atom is 1.00 e. The number of hydrogen-bond donors (Lipinski definition) is 2. The van der Waals surface area contributed by atoms with Gasteiger partial charge < -0.3 is 24.9 Å². The molecule has 0 saturated carbocycles. The maximum absolute atomic E-state index is 13.1. The van der Waals surface area contributed by atoms with Crippen LogP contribution >= 0.6 is 23.2 Å². The Morgan fingerprint density at radius 3 is 2.02 bits per heavy atom. The summed E-state index contributed by atoms with van der Waals surface area (Å²) in [5.74, 6) is -3.28. The Kier molecular flexibility index (Phi) is 12.6. The van der Waals surface area contributed by atoms with Gasteiger partial charge in [-0.25, -0.2) is 13.4 Å². The third kappa shape index (κ3) is 8.19. The standard InChI is InChI=1S/C28H22Cl2N6O7S.2K/c1-28(2,3)23-21(31-17-11-19(29)22(37)20(30)12-17)25-33-32-24(36(25)34-23)13-5-4-6-16(8-13)35-44(42,43)18-9-14(26(38)39)7-15(10-18)27(40)41;;/h4-12,35,37H,1-3H3,(H,38,39)(H,40,41);;/q;2*+1/p-2. The van der Waals surface area contributed by atoms with Gasteiger partial charge in [-0.15, -0.1) is 10.2 Å². The van der Waals surface area contributed by atoms with Crippen LogP contribution in [0.15, 0.2) is 69.6 Å². The molecule has 0 amide bonds. The van der Waals surface area contributed by atoms with Crippen molar-refractivity contribution >= 4 is 68.0 Å². The average molecular weight is 734 g/mol. The van der Waals surface area contributed by atoms with Crippen LogP contribution in [0.5, 0.6) is 5.75 Å². The molecule has 18 heteroatoms. The number of phenolic OH excluding ortho intramolecular Hbond substituents is 1. The summed E-state index contributed by atoms with van der Waals surface area (Å²) in [4.78, 5) is 26.7. The summed E-state index contributed by atoms with van der Waals surface area (Å²) in [6.45, 7) is 5.77. The number of benzene rings is 3. The molecule has 226 valence electrons. The van der Waals surface area contributed by atoms with E-state index in [1.807, 2.05) is 20.8 Å². The van der Waals surface area contributed by atoms with Gasteiger partial charge in [0.15, 0.2) is 11.6 Å². The second-order valence-corrected chi connectivity index (χ2v) is 13.1. The molecular weight excluding hydrogens is 714 g/mol. The molecule has 5 rings (SSSR count). The number of carbonyl (C=O) groups excluding carboxylic acids is 2. The maximum atomic E-state index is 13.1. The number of phenols is 1. The second kappa shape index (κ2) is 14.9. The Balaban J connectivity index is 0.00000288. The van der Waals surface area contributed by atoms with Crippen LogP contribution in [0.2, 0.25) is 10.0 Å². The number of carbonyl (C=O) groups is 2. The van der Waals surface area contributed by atoms with Crippen LogP contribution in [0, 0.1) is 5.41 Å². The van der Waals surface area contributed by atoms with E-state index in [9.17, 15) is 33.3 Å². The molecule has 13 nitrogen and oxygen atoms in total. The predicted molar refractivity (Wildman–Crippen MR) is 158 cm³/mol. The molecule has 2 heterocycles. The summed E-state index contributed by atoms with van der Waals surface area (Å²) in [6, 6.07) is 11.2. The largest absolute Gasteiger partial charge is 1.00 e. The van der Waals surface area contributed by atoms with E-state index in [0.29, 0.717) is 22.7 Å². The molecule has 0 unspecified atom stereocenters. The quantitative estimate of drug-likeness (QED) is 0.184. The molecule has 0 bridgehead atoms. The first-order chi connectivity index (χ1) is 20.5. The van der Waals surface area contributed by atoms with Gasteiger partial charge >= 0.3 is 103 Å². The molecule has 0 fully saturated rings. The number of aromatic carboxylic acids is 2. The molecule has 46 heavy (non-hydrogen) atoms. The number of aromatic nitrogens is 3. The first-order valence-electron chi connectivity index (χ1n) is 12.6. The molecule has 0 atom stereocenters. The number of nitrogens with one attached hydrogen (secondary N) is 1. The molecular formula is C28H20Cl2K2N6O7S. The Morgan fingerprint density at radius 1 is 0.913 bits per heavy atom. The van der Waals surface area contributed by atoms with Gasteiger partial charge in [0.1, 0.15) is 5.71 Å². The van der Waals surface area contributed by atoms with Crippen LogP contribution in [0.4, 0.5) is 11.4 Å². The molecule has 0 radical (unpaired) electrons. The molecule has 1 aliphatic heterocycles. The third-order valence-corrected chi connectivity index (χ3v) is 8.23. The second-order valence-electron chi connectivity index (χ2n) is 10.6. The van der Waals surface area contributed by atoms with E-state index >= 15 is 0 Å². The molecule has 0 aliphatic carbocycles. The van der Waals surface area contributed by atoms with Crippen molar-refractivity contribution < 1.29 is 136 Å². The molecule has 0 saturated heterocycles. The Bertz CT molecular complexity index is 2010. The van der Waals surface area contributed by atoms with Crippen molar-refractivity contribution in [3.05, 3.63) is 81.6 Å². The number of fused-ring (bicyclic) bond motifs is 1. The van der Waals surface area contributed by atoms with Crippen LogP contribution in [-0.2, 0) is 10.0 Å². The van der Waals surface area contributed by atoms with E-state index in [1.54, 1.807) is 6.07 Å². The van der Waals surface area contributed by atoms with Crippen LogP contribution in [0.25, 0.3) is 11.4 Å². The van der Waals surface area contributed by atoms with Gasteiger partial charge in [0, 0.05) is 16.7 Å². The normalized spacial score (nSPS) is 13.3. The molecule has 0 spiro atoms. The molecule has 3 aromatic carbocycles. The summed E-state index contributed by atoms with van der Waals surface area (Å²) in [5.41, 5.74) is -0.0962. The van der Waals surface area contributed by atoms with Gasteiger partial charge in [-0.05, 0) is 53.6 Å². The van der Waals surface area contributed by atoms with Gasteiger partial charge in [0.25, 0.3) is 10.0 Å². The van der Waals surface area contributed by atoms with E-state index in [0.717, 1.165) is 18.2 Å². The number of sulfonamides is 1. The van der Waals surface area contributed by atoms with Gasteiger partial charge in [-0.2, -0.15) is 9.78 Å². The molecule has 1 aliphatic rings. The zero-order chi connectivity index (χ0) is 32.1. The van der Waals surface area contributed by atoms with E-state index < -0.39 is 43.4 Å². The monoisotopic (exact) mass is 732 g/mol. The fraction of sp³-hybridized carbons (Fsp3) is 0.143. The predicted octanol–water partition coefficient (Wildman–Crippen LogP) is -3.12. The van der Waals surface area contributed by atoms with Crippen molar-refractivity contribution in [3.63, 3.8) is 0 Å². The first-order valence-corrected chi connectivity index (χ1v) is 14.8. The number of rotatable bonds is 7. The van der Waals surface area contributed by atoms with Gasteiger partial charge in [-0.1, -0.05) is 56.1 Å². The zero-order valence-corrected chi connectivity index (χ0v) is 33.6. The number of aliphatic imine (C=N–C) groups is 1. The number of hydrogen-bond acceptors (Lipinski definition) is 11. The van der Waals surface area contributed by atoms with Crippen molar-refractivity contribution in [2.75, 3.05) is 4.72 Å². The Hall–Kier alpha value is -1.52. The minimum Gasteiger partial charge on any atom is -0.545 e. The molecule has 2 N–H and O–H groups in total. The van der Waals surface area contributed by atoms with Crippen LogP contribution < -0.4 is 118 Å². The van der Waals surface area contributed by atoms with Crippen LogP contribution in [-0.4, -0.2) is 51.8 Å². The SMILES string of the molecule is CC(C)(C)C1=Nn2c(nnc2-c2cccc(NS(=O)(=O)c3cc(C(=O)[O-])cc(C(=O)[O-])c3)c2)C1=Nc1cc(Cl)c(O)c(Cl)c1.[K+].[K+]. The van der Waals surface area contributed by atoms with E-state index in [1.165, 1.54) is 35.0 Å². The molecule has 1 aromatic heterocycles. The van der Waals surface area contributed by atoms with Gasteiger partial charge in [0.05, 0.1) is 38.3 Å². The van der Waals surface area contributed by atoms with Crippen LogP contribution in [0.3, 0.4) is 0 Å². The summed E-state index contributed by atoms with van der Waals surface area (Å²) in [7, 11) is -4.47. The topological polar surface area (TPSA) is 202 Å². The van der Waals surface area contributed by atoms with E-state index in [-0.39, 0.29) is 136 Å². The smallest absolute Gasteiger partial charge is 0.545 e. The van der Waals surface area contributed by atoms with Crippen molar-refractivity contribution in [3.8, 4) is 17.1 Å². The third-order valence-electron chi connectivity index (χ3n) is 6.29. The van der Waals surface area contributed by atoms with Gasteiger partial charge in [-0.3, -0.25) is 4.72 Å². The van der Waals surface area contributed by atoms with Crippen molar-refractivity contribution in [2.24, 2.45) is 15.5 Å². The first kappa shape index (κ1) is 38.9. The molecule has 4 aromatic rings. The summed E-state index contributed by atoms with van der Waals surface area (Å²) < 4.78 is 30.0. The summed E-state index contributed by atoms with van der Waals surface area (Å²) in [5, 5.41) is 45.8. The van der Waals surface area contributed by atoms with E-state index in [2.05, 4.69) is 19.9 Å². The minimum atomic E-state index is -4.47. The summed E-state index contributed by atoms with van der Waals surface area (Å²) in [6.07, 6.45) is 0. The number of anilines is 1. The van der Waals surface area contributed by atoms with Gasteiger partial charge in [0.2, 0.25) is 5.82 Å². The van der Waals surface area contributed by atoms with Crippen LogP contribution in [0.1, 0.15) is 47.3 Å².